The number of nitrogens with one attached hydrogen (secondary N) is 1. The fraction of sp³-hybridized carbons (Fsp3) is 0.355. The highest BCUT2D eigenvalue weighted by molar-refractivity contribution is 7.92. The molecule has 0 aliphatic carbocycles. The minimum Gasteiger partial charge on any atom is -0.354 e. The Hall–Kier alpha value is -3.36. The molecule has 0 aromatic heterocycles. The molecular weight excluding hydrogens is 546 g/mol. The summed E-state index contributed by atoms with van der Waals surface area (Å²) in [5, 5.41) is 3.28. The molecule has 3 aromatic rings. The van der Waals surface area contributed by atoms with Crippen LogP contribution in [0.5, 0.6) is 0 Å². The average Bonchev–Trinajstić information content (AvgIpc) is 2.92. The zero-order valence-electron chi connectivity index (χ0n) is 23.8. The van der Waals surface area contributed by atoms with Crippen LogP contribution >= 0.6 is 11.6 Å². The van der Waals surface area contributed by atoms with Crippen LogP contribution in [0.1, 0.15) is 48.9 Å². The van der Waals surface area contributed by atoms with Gasteiger partial charge in [-0.15, -0.1) is 0 Å². The number of anilines is 1. The van der Waals surface area contributed by atoms with E-state index in [4.69, 9.17) is 11.6 Å². The fourth-order valence-electron chi connectivity index (χ4n) is 4.19. The van der Waals surface area contributed by atoms with E-state index in [0.29, 0.717) is 11.6 Å². The van der Waals surface area contributed by atoms with Gasteiger partial charge in [-0.2, -0.15) is 0 Å². The SMILES string of the molecule is CCCCNC(=O)[C@@H](C)N(Cc1ccccc1C)C(=O)CN(c1ccc(C)c(Cl)c1)S(=O)(=O)c1ccc(C)cc1. The van der Waals surface area contributed by atoms with Gasteiger partial charge in [0.25, 0.3) is 10.0 Å². The van der Waals surface area contributed by atoms with Gasteiger partial charge in [0.1, 0.15) is 12.6 Å². The first-order chi connectivity index (χ1) is 18.9. The van der Waals surface area contributed by atoms with E-state index in [1.54, 1.807) is 37.3 Å². The molecule has 3 rings (SSSR count). The van der Waals surface area contributed by atoms with Crippen LogP contribution in [0.25, 0.3) is 0 Å². The van der Waals surface area contributed by atoms with Gasteiger partial charge in [0, 0.05) is 18.1 Å². The molecule has 0 aliphatic rings. The Morgan fingerprint density at radius 2 is 1.62 bits per heavy atom. The van der Waals surface area contributed by atoms with Gasteiger partial charge in [-0.25, -0.2) is 8.42 Å². The summed E-state index contributed by atoms with van der Waals surface area (Å²) in [6.07, 6.45) is 1.74. The van der Waals surface area contributed by atoms with Crippen molar-refractivity contribution in [1.82, 2.24) is 10.2 Å². The molecule has 0 radical (unpaired) electrons. The van der Waals surface area contributed by atoms with Crippen molar-refractivity contribution < 1.29 is 18.0 Å². The summed E-state index contributed by atoms with van der Waals surface area (Å²) in [6, 6.07) is 18.1. The Labute approximate surface area is 243 Å². The summed E-state index contributed by atoms with van der Waals surface area (Å²) < 4.78 is 28.9. The number of carbonyl (C=O) groups is 2. The maximum atomic E-state index is 14.0. The average molecular weight is 584 g/mol. The molecule has 1 atom stereocenters. The lowest BCUT2D eigenvalue weighted by Gasteiger charge is -2.32. The molecule has 0 saturated carbocycles. The molecule has 0 saturated heterocycles. The predicted molar refractivity (Wildman–Crippen MR) is 161 cm³/mol. The normalized spacial score (nSPS) is 12.1. The third-order valence-electron chi connectivity index (χ3n) is 6.93. The fourth-order valence-corrected chi connectivity index (χ4v) is 5.77. The molecular formula is C31H38ClN3O4S. The largest absolute Gasteiger partial charge is 0.354 e. The minimum absolute atomic E-state index is 0.0541. The van der Waals surface area contributed by atoms with Crippen LogP contribution in [0.4, 0.5) is 5.69 Å². The van der Waals surface area contributed by atoms with E-state index in [1.807, 2.05) is 52.0 Å². The zero-order chi connectivity index (χ0) is 29.4. The number of amides is 2. The first-order valence-electron chi connectivity index (χ1n) is 13.4. The summed E-state index contributed by atoms with van der Waals surface area (Å²) in [7, 11) is -4.15. The van der Waals surface area contributed by atoms with Crippen LogP contribution in [-0.4, -0.2) is 44.3 Å². The number of benzene rings is 3. The lowest BCUT2D eigenvalue weighted by Crippen LogP contribution is -2.51. The number of rotatable bonds is 12. The second-order valence-corrected chi connectivity index (χ2v) is 12.3. The van der Waals surface area contributed by atoms with Gasteiger partial charge in [-0.1, -0.05) is 73.0 Å². The van der Waals surface area contributed by atoms with Crippen molar-refractivity contribution in [2.45, 2.75) is 64.9 Å². The van der Waals surface area contributed by atoms with Crippen LogP contribution in [0.2, 0.25) is 5.02 Å². The number of unbranched alkanes of at least 4 members (excludes halogenated alkanes) is 1. The van der Waals surface area contributed by atoms with Crippen molar-refractivity contribution in [1.29, 1.82) is 0 Å². The Bertz CT molecular complexity index is 1440. The lowest BCUT2D eigenvalue weighted by molar-refractivity contribution is -0.139. The number of carbonyl (C=O) groups excluding carboxylic acids is 2. The van der Waals surface area contributed by atoms with Crippen LogP contribution in [0.3, 0.4) is 0 Å². The van der Waals surface area contributed by atoms with Crippen LogP contribution in [0, 0.1) is 20.8 Å². The maximum absolute atomic E-state index is 14.0. The van der Waals surface area contributed by atoms with Gasteiger partial charge < -0.3 is 10.2 Å². The number of sulfonamides is 1. The summed E-state index contributed by atoms with van der Waals surface area (Å²) in [4.78, 5) is 28.6. The van der Waals surface area contributed by atoms with E-state index < -0.39 is 28.5 Å². The molecule has 0 unspecified atom stereocenters. The Morgan fingerprint density at radius 1 is 0.950 bits per heavy atom. The second-order valence-electron chi connectivity index (χ2n) is 10.0. The van der Waals surface area contributed by atoms with Crippen molar-refractivity contribution in [2.75, 3.05) is 17.4 Å². The van der Waals surface area contributed by atoms with E-state index in [0.717, 1.165) is 39.4 Å². The monoisotopic (exact) mass is 583 g/mol. The zero-order valence-corrected chi connectivity index (χ0v) is 25.3. The smallest absolute Gasteiger partial charge is 0.264 e. The summed E-state index contributed by atoms with van der Waals surface area (Å²) in [5.41, 5.74) is 3.79. The van der Waals surface area contributed by atoms with Crippen molar-refractivity contribution >= 4 is 39.1 Å². The molecule has 7 nitrogen and oxygen atoms in total. The Balaban J connectivity index is 2.03. The Morgan fingerprint density at radius 3 is 2.25 bits per heavy atom. The van der Waals surface area contributed by atoms with Gasteiger partial charge in [0.05, 0.1) is 10.6 Å². The number of aryl methyl sites for hydroxylation is 3. The molecule has 3 aromatic carbocycles. The van der Waals surface area contributed by atoms with Gasteiger partial charge in [-0.3, -0.25) is 13.9 Å². The standard InChI is InChI=1S/C31H38ClN3O4S/c1-6-7-18-33-31(37)25(5)34(20-26-11-9-8-10-23(26)3)30(36)21-35(27-15-14-24(4)29(32)19-27)40(38,39)28-16-12-22(2)13-17-28/h8-17,19,25H,6-7,18,20-21H2,1-5H3,(H,33,37)/t25-/m1/s1. The van der Waals surface area contributed by atoms with E-state index >= 15 is 0 Å². The van der Waals surface area contributed by atoms with E-state index in [1.165, 1.54) is 17.0 Å². The molecule has 0 fully saturated rings. The van der Waals surface area contributed by atoms with Gasteiger partial charge >= 0.3 is 0 Å². The highest BCUT2D eigenvalue weighted by atomic mass is 35.5. The Kier molecular flexibility index (Phi) is 10.8. The second kappa shape index (κ2) is 13.8. The summed E-state index contributed by atoms with van der Waals surface area (Å²) >= 11 is 6.38. The van der Waals surface area contributed by atoms with Crippen molar-refractivity contribution in [3.8, 4) is 0 Å². The van der Waals surface area contributed by atoms with Gasteiger partial charge in [0.15, 0.2) is 0 Å². The van der Waals surface area contributed by atoms with Crippen molar-refractivity contribution in [3.63, 3.8) is 0 Å². The highest BCUT2D eigenvalue weighted by Crippen LogP contribution is 2.29. The molecule has 0 aliphatic heterocycles. The van der Waals surface area contributed by atoms with Crippen LogP contribution in [0.15, 0.2) is 71.6 Å². The maximum Gasteiger partial charge on any atom is 0.264 e. The molecule has 0 bridgehead atoms. The molecule has 1 N–H and O–H groups in total. The number of hydrogen-bond acceptors (Lipinski definition) is 4. The van der Waals surface area contributed by atoms with E-state index in [-0.39, 0.29) is 23.0 Å². The summed E-state index contributed by atoms with van der Waals surface area (Å²) in [5.74, 6) is -0.796. The third kappa shape index (κ3) is 7.64. The molecule has 214 valence electrons. The first-order valence-corrected chi connectivity index (χ1v) is 15.2. The molecule has 0 spiro atoms. The number of hydrogen-bond donors (Lipinski definition) is 1. The molecule has 9 heteroatoms. The van der Waals surface area contributed by atoms with Crippen molar-refractivity contribution in [2.24, 2.45) is 0 Å². The highest BCUT2D eigenvalue weighted by Gasteiger charge is 2.32. The van der Waals surface area contributed by atoms with Gasteiger partial charge in [-0.05, 0) is 75.1 Å². The first kappa shape index (κ1) is 31.2. The van der Waals surface area contributed by atoms with E-state index in [2.05, 4.69) is 5.32 Å². The molecule has 0 heterocycles. The van der Waals surface area contributed by atoms with Gasteiger partial charge in [0.2, 0.25) is 11.8 Å². The number of nitrogens with zero attached hydrogens (tertiary/aromatic N) is 2. The molecule has 2 amide bonds. The summed E-state index contributed by atoms with van der Waals surface area (Å²) in [6.45, 7) is 9.47. The quantitative estimate of drug-likeness (QED) is 0.273. The van der Waals surface area contributed by atoms with Crippen LogP contribution in [-0.2, 0) is 26.2 Å². The third-order valence-corrected chi connectivity index (χ3v) is 9.13. The topological polar surface area (TPSA) is 86.8 Å². The van der Waals surface area contributed by atoms with E-state index in [9.17, 15) is 18.0 Å². The lowest BCUT2D eigenvalue weighted by atomic mass is 10.1. The van der Waals surface area contributed by atoms with Crippen LogP contribution < -0.4 is 9.62 Å². The predicted octanol–water partition coefficient (Wildman–Crippen LogP) is 5.79. The number of halogens is 1. The molecule has 40 heavy (non-hydrogen) atoms. The van der Waals surface area contributed by atoms with Crippen molar-refractivity contribution in [3.05, 3.63) is 94.0 Å². The minimum atomic E-state index is -4.15.